The fraction of sp³-hybridized carbons (Fsp3) is 0.765. The Bertz CT molecular complexity index is 487. The molecule has 122 valence electrons. The maximum atomic E-state index is 12.8. The van der Waals surface area contributed by atoms with Crippen molar-refractivity contribution in [1.82, 2.24) is 20.0 Å². The smallest absolute Gasteiger partial charge is 0.274 e. The Morgan fingerprint density at radius 2 is 2.14 bits per heavy atom. The SMILES string of the molecule is CCN(C(=O)c1ccn(C2CCCNC2)n1)C1CCCCC1. The van der Waals surface area contributed by atoms with Crippen LogP contribution in [0.25, 0.3) is 0 Å². The molecule has 2 heterocycles. The van der Waals surface area contributed by atoms with Gasteiger partial charge in [-0.15, -0.1) is 0 Å². The largest absolute Gasteiger partial charge is 0.335 e. The van der Waals surface area contributed by atoms with Crippen LogP contribution in [0, 0.1) is 0 Å². The highest BCUT2D eigenvalue weighted by Gasteiger charge is 2.27. The summed E-state index contributed by atoms with van der Waals surface area (Å²) in [7, 11) is 0. The van der Waals surface area contributed by atoms with Crippen molar-refractivity contribution in [1.29, 1.82) is 0 Å². The Morgan fingerprint density at radius 3 is 2.82 bits per heavy atom. The normalized spacial score (nSPS) is 23.4. The predicted molar refractivity (Wildman–Crippen MR) is 87.0 cm³/mol. The van der Waals surface area contributed by atoms with Crippen LogP contribution in [-0.2, 0) is 0 Å². The predicted octanol–water partition coefficient (Wildman–Crippen LogP) is 2.60. The number of nitrogens with zero attached hydrogens (tertiary/aromatic N) is 3. The Labute approximate surface area is 133 Å². The first-order valence-corrected chi connectivity index (χ1v) is 8.86. The van der Waals surface area contributed by atoms with Gasteiger partial charge in [-0.3, -0.25) is 9.48 Å². The highest BCUT2D eigenvalue weighted by molar-refractivity contribution is 5.92. The molecule has 1 aliphatic carbocycles. The molecule has 0 radical (unpaired) electrons. The topological polar surface area (TPSA) is 50.2 Å². The van der Waals surface area contributed by atoms with E-state index in [0.717, 1.165) is 38.9 Å². The average molecular weight is 304 g/mol. The first kappa shape index (κ1) is 15.5. The number of rotatable bonds is 4. The zero-order valence-corrected chi connectivity index (χ0v) is 13.6. The van der Waals surface area contributed by atoms with Crippen LogP contribution in [-0.4, -0.2) is 46.3 Å². The zero-order chi connectivity index (χ0) is 15.4. The van der Waals surface area contributed by atoms with Crippen LogP contribution >= 0.6 is 0 Å². The quantitative estimate of drug-likeness (QED) is 0.930. The van der Waals surface area contributed by atoms with Crippen molar-refractivity contribution < 1.29 is 4.79 Å². The fourth-order valence-electron chi connectivity index (χ4n) is 3.82. The van der Waals surface area contributed by atoms with Gasteiger partial charge in [0.25, 0.3) is 5.91 Å². The van der Waals surface area contributed by atoms with Crippen LogP contribution in [0.4, 0.5) is 0 Å². The molecular weight excluding hydrogens is 276 g/mol. The third kappa shape index (κ3) is 3.35. The highest BCUT2D eigenvalue weighted by Crippen LogP contribution is 2.24. The van der Waals surface area contributed by atoms with Gasteiger partial charge in [0, 0.05) is 25.3 Å². The highest BCUT2D eigenvalue weighted by atomic mass is 16.2. The summed E-state index contributed by atoms with van der Waals surface area (Å²) in [6.07, 6.45) is 10.4. The second kappa shape index (κ2) is 7.27. The van der Waals surface area contributed by atoms with Gasteiger partial charge < -0.3 is 10.2 Å². The van der Waals surface area contributed by atoms with Crippen molar-refractivity contribution >= 4 is 5.91 Å². The number of amides is 1. The van der Waals surface area contributed by atoms with Crippen molar-refractivity contribution in [3.63, 3.8) is 0 Å². The number of carbonyl (C=O) groups is 1. The summed E-state index contributed by atoms with van der Waals surface area (Å²) in [5.74, 6) is 0.108. The van der Waals surface area contributed by atoms with Crippen LogP contribution < -0.4 is 5.32 Å². The molecule has 0 spiro atoms. The molecule has 2 aliphatic rings. The minimum Gasteiger partial charge on any atom is -0.335 e. The van der Waals surface area contributed by atoms with Crippen LogP contribution in [0.15, 0.2) is 12.3 Å². The summed E-state index contributed by atoms with van der Waals surface area (Å²) in [6.45, 7) is 4.90. The molecule has 3 rings (SSSR count). The van der Waals surface area contributed by atoms with Gasteiger partial charge >= 0.3 is 0 Å². The molecule has 1 aliphatic heterocycles. The summed E-state index contributed by atoms with van der Waals surface area (Å²) < 4.78 is 1.98. The van der Waals surface area contributed by atoms with E-state index < -0.39 is 0 Å². The summed E-state index contributed by atoms with van der Waals surface area (Å²) >= 11 is 0. The maximum Gasteiger partial charge on any atom is 0.274 e. The van der Waals surface area contributed by atoms with E-state index in [2.05, 4.69) is 17.3 Å². The Kier molecular flexibility index (Phi) is 5.13. The maximum absolute atomic E-state index is 12.8. The monoisotopic (exact) mass is 304 g/mol. The number of piperidine rings is 1. The summed E-state index contributed by atoms with van der Waals surface area (Å²) in [4.78, 5) is 14.8. The minimum atomic E-state index is 0.108. The molecule has 2 fully saturated rings. The molecule has 0 aromatic carbocycles. The van der Waals surface area contributed by atoms with Crippen molar-refractivity contribution in [2.24, 2.45) is 0 Å². The Morgan fingerprint density at radius 1 is 1.32 bits per heavy atom. The van der Waals surface area contributed by atoms with E-state index in [4.69, 9.17) is 0 Å². The van der Waals surface area contributed by atoms with Gasteiger partial charge in [-0.2, -0.15) is 5.10 Å². The molecule has 5 nitrogen and oxygen atoms in total. The number of hydrogen-bond acceptors (Lipinski definition) is 3. The van der Waals surface area contributed by atoms with Crippen molar-refractivity contribution in [2.75, 3.05) is 19.6 Å². The van der Waals surface area contributed by atoms with Crippen LogP contribution in [0.5, 0.6) is 0 Å². The fourth-order valence-corrected chi connectivity index (χ4v) is 3.82. The van der Waals surface area contributed by atoms with E-state index in [9.17, 15) is 4.79 Å². The minimum absolute atomic E-state index is 0.108. The van der Waals surface area contributed by atoms with Gasteiger partial charge in [-0.25, -0.2) is 0 Å². The summed E-state index contributed by atoms with van der Waals surface area (Å²) in [6, 6.07) is 2.69. The molecule has 22 heavy (non-hydrogen) atoms. The lowest BCUT2D eigenvalue weighted by atomic mass is 9.94. The number of carbonyl (C=O) groups excluding carboxylic acids is 1. The zero-order valence-electron chi connectivity index (χ0n) is 13.6. The third-order valence-corrected chi connectivity index (χ3v) is 5.09. The van der Waals surface area contributed by atoms with Crippen LogP contribution in [0.2, 0.25) is 0 Å². The van der Waals surface area contributed by atoms with Gasteiger partial charge in [0.05, 0.1) is 6.04 Å². The van der Waals surface area contributed by atoms with Gasteiger partial charge in [0.1, 0.15) is 5.69 Å². The number of hydrogen-bond donors (Lipinski definition) is 1. The molecule has 1 unspecified atom stereocenters. The van der Waals surface area contributed by atoms with Crippen molar-refractivity contribution in [2.45, 2.75) is 64.0 Å². The standard InChI is InChI=1S/C17H28N4O/c1-2-20(14-7-4-3-5-8-14)17(22)16-10-12-21(19-16)15-9-6-11-18-13-15/h10,12,14-15,18H,2-9,11,13H2,1H3. The van der Waals surface area contributed by atoms with E-state index in [1.54, 1.807) is 0 Å². The van der Waals surface area contributed by atoms with Crippen molar-refractivity contribution in [3.8, 4) is 0 Å². The summed E-state index contributed by atoms with van der Waals surface area (Å²) in [5.41, 5.74) is 0.609. The molecule has 1 N–H and O–H groups in total. The first-order chi connectivity index (χ1) is 10.8. The molecule has 1 saturated carbocycles. The van der Waals surface area contributed by atoms with Gasteiger partial charge in [-0.05, 0) is 45.2 Å². The first-order valence-electron chi connectivity index (χ1n) is 8.86. The molecule has 5 heteroatoms. The van der Waals surface area contributed by atoms with Gasteiger partial charge in [0.2, 0.25) is 0 Å². The lowest BCUT2D eigenvalue weighted by Crippen LogP contribution is -2.41. The van der Waals surface area contributed by atoms with E-state index >= 15 is 0 Å². The lowest BCUT2D eigenvalue weighted by molar-refractivity contribution is 0.0640. The van der Waals surface area contributed by atoms with Crippen LogP contribution in [0.1, 0.15) is 68.4 Å². The van der Waals surface area contributed by atoms with E-state index in [-0.39, 0.29) is 5.91 Å². The van der Waals surface area contributed by atoms with E-state index in [0.29, 0.717) is 17.8 Å². The van der Waals surface area contributed by atoms with Gasteiger partial charge in [-0.1, -0.05) is 19.3 Å². The van der Waals surface area contributed by atoms with E-state index in [1.165, 1.54) is 25.7 Å². The van der Waals surface area contributed by atoms with Gasteiger partial charge in [0.15, 0.2) is 0 Å². The second-order valence-electron chi connectivity index (χ2n) is 6.56. The molecule has 1 aromatic heterocycles. The average Bonchev–Trinajstić information content (AvgIpc) is 3.07. The molecule has 0 bridgehead atoms. The third-order valence-electron chi connectivity index (χ3n) is 5.09. The molecule has 1 atom stereocenters. The Balaban J connectivity index is 1.69. The lowest BCUT2D eigenvalue weighted by Gasteiger charge is -2.33. The number of nitrogens with one attached hydrogen (secondary N) is 1. The Hall–Kier alpha value is -1.36. The molecule has 1 aromatic rings. The molecule has 1 saturated heterocycles. The molecular formula is C17H28N4O. The second-order valence-corrected chi connectivity index (χ2v) is 6.56. The molecule has 1 amide bonds. The van der Waals surface area contributed by atoms with Crippen molar-refractivity contribution in [3.05, 3.63) is 18.0 Å². The van der Waals surface area contributed by atoms with E-state index in [1.807, 2.05) is 21.8 Å². The summed E-state index contributed by atoms with van der Waals surface area (Å²) in [5, 5.41) is 7.98. The number of aromatic nitrogens is 2. The van der Waals surface area contributed by atoms with Crippen LogP contribution in [0.3, 0.4) is 0 Å².